The highest BCUT2D eigenvalue weighted by molar-refractivity contribution is 6.69. The SMILES string of the molecule is CO/C(=C/N(C)C(=O)OC(C)(C)C)O[Si](C)(C)C. The van der Waals surface area contributed by atoms with Crippen molar-refractivity contribution >= 4 is 14.4 Å². The van der Waals surface area contributed by atoms with Crippen molar-refractivity contribution in [2.75, 3.05) is 14.2 Å². The molecule has 0 N–H and O–H groups in total. The van der Waals surface area contributed by atoms with E-state index in [4.69, 9.17) is 13.9 Å². The van der Waals surface area contributed by atoms with E-state index in [1.165, 1.54) is 18.2 Å². The van der Waals surface area contributed by atoms with Crippen molar-refractivity contribution in [3.05, 3.63) is 12.1 Å². The second-order valence-electron chi connectivity index (χ2n) is 5.96. The molecular formula is C12H25NO4Si. The van der Waals surface area contributed by atoms with Crippen molar-refractivity contribution in [1.29, 1.82) is 0 Å². The van der Waals surface area contributed by atoms with Gasteiger partial charge in [0.2, 0.25) is 8.32 Å². The third-order valence-corrected chi connectivity index (χ3v) is 2.40. The molecule has 0 aliphatic carbocycles. The molecule has 0 rings (SSSR count). The topological polar surface area (TPSA) is 48.0 Å². The van der Waals surface area contributed by atoms with Gasteiger partial charge in [-0.2, -0.15) is 0 Å². The summed E-state index contributed by atoms with van der Waals surface area (Å²) in [5, 5.41) is 0. The molecular weight excluding hydrogens is 250 g/mol. The lowest BCUT2D eigenvalue weighted by molar-refractivity contribution is 0.0348. The molecule has 106 valence electrons. The van der Waals surface area contributed by atoms with E-state index in [-0.39, 0.29) is 0 Å². The second-order valence-corrected chi connectivity index (χ2v) is 10.4. The Morgan fingerprint density at radius 2 is 1.72 bits per heavy atom. The van der Waals surface area contributed by atoms with E-state index >= 15 is 0 Å². The minimum atomic E-state index is -1.76. The smallest absolute Gasteiger partial charge is 0.414 e. The van der Waals surface area contributed by atoms with Crippen LogP contribution in [0, 0.1) is 0 Å². The molecule has 0 radical (unpaired) electrons. The molecule has 0 aromatic rings. The van der Waals surface area contributed by atoms with Crippen LogP contribution in [-0.4, -0.2) is 39.1 Å². The predicted molar refractivity (Wildman–Crippen MR) is 73.5 cm³/mol. The van der Waals surface area contributed by atoms with Crippen LogP contribution in [0.15, 0.2) is 12.1 Å². The van der Waals surface area contributed by atoms with Gasteiger partial charge < -0.3 is 13.9 Å². The van der Waals surface area contributed by atoms with Crippen molar-refractivity contribution in [2.45, 2.75) is 46.0 Å². The number of hydrogen-bond acceptors (Lipinski definition) is 4. The van der Waals surface area contributed by atoms with E-state index in [9.17, 15) is 4.79 Å². The number of rotatable bonds is 4. The van der Waals surface area contributed by atoms with Gasteiger partial charge in [-0.1, -0.05) is 0 Å². The summed E-state index contributed by atoms with van der Waals surface area (Å²) in [5.74, 6) is 0.322. The lowest BCUT2D eigenvalue weighted by Gasteiger charge is -2.24. The molecule has 1 amide bonds. The van der Waals surface area contributed by atoms with E-state index < -0.39 is 20.0 Å². The Labute approximate surface area is 111 Å². The third kappa shape index (κ3) is 8.00. The van der Waals surface area contributed by atoms with Crippen LogP contribution in [-0.2, 0) is 13.9 Å². The molecule has 0 aliphatic rings. The van der Waals surface area contributed by atoms with Gasteiger partial charge in [-0.15, -0.1) is 0 Å². The fourth-order valence-corrected chi connectivity index (χ4v) is 1.71. The van der Waals surface area contributed by atoms with Gasteiger partial charge in [-0.05, 0) is 40.4 Å². The first kappa shape index (κ1) is 16.8. The van der Waals surface area contributed by atoms with Gasteiger partial charge in [-0.25, -0.2) is 4.79 Å². The van der Waals surface area contributed by atoms with Crippen molar-refractivity contribution in [3.8, 4) is 0 Å². The van der Waals surface area contributed by atoms with E-state index in [0.29, 0.717) is 5.95 Å². The van der Waals surface area contributed by atoms with Crippen molar-refractivity contribution in [2.24, 2.45) is 0 Å². The molecule has 0 saturated carbocycles. The van der Waals surface area contributed by atoms with Crippen molar-refractivity contribution in [3.63, 3.8) is 0 Å². The Bertz CT molecular complexity index is 315. The lowest BCUT2D eigenvalue weighted by Crippen LogP contribution is -2.32. The van der Waals surface area contributed by atoms with E-state index in [1.54, 1.807) is 7.05 Å². The van der Waals surface area contributed by atoms with Gasteiger partial charge in [-0.3, -0.25) is 4.90 Å². The average Bonchev–Trinajstić information content (AvgIpc) is 2.11. The first-order valence-electron chi connectivity index (χ1n) is 5.85. The highest BCUT2D eigenvalue weighted by Crippen LogP contribution is 2.13. The lowest BCUT2D eigenvalue weighted by atomic mass is 10.2. The summed E-state index contributed by atoms with van der Waals surface area (Å²) in [5.41, 5.74) is -0.522. The second kappa shape index (κ2) is 6.13. The van der Waals surface area contributed by atoms with Crippen molar-refractivity contribution in [1.82, 2.24) is 4.90 Å². The quantitative estimate of drug-likeness (QED) is 0.584. The number of amides is 1. The highest BCUT2D eigenvalue weighted by Gasteiger charge is 2.22. The van der Waals surface area contributed by atoms with Crippen LogP contribution in [0.1, 0.15) is 20.8 Å². The van der Waals surface area contributed by atoms with Gasteiger partial charge in [0.25, 0.3) is 5.95 Å². The molecule has 0 bridgehead atoms. The monoisotopic (exact) mass is 275 g/mol. The third-order valence-electron chi connectivity index (χ3n) is 1.59. The maximum Gasteiger partial charge on any atom is 0.414 e. The first-order chi connectivity index (χ1) is 7.94. The molecule has 0 aromatic carbocycles. The van der Waals surface area contributed by atoms with Crippen molar-refractivity contribution < 1.29 is 18.7 Å². The van der Waals surface area contributed by atoms with Gasteiger partial charge in [0.15, 0.2) is 0 Å². The average molecular weight is 275 g/mol. The molecule has 0 saturated heterocycles. The van der Waals surface area contributed by atoms with E-state index in [0.717, 1.165) is 0 Å². The molecule has 0 fully saturated rings. The van der Waals surface area contributed by atoms with Crippen LogP contribution >= 0.6 is 0 Å². The predicted octanol–water partition coefficient (Wildman–Crippen LogP) is 3.15. The van der Waals surface area contributed by atoms with Gasteiger partial charge in [0, 0.05) is 7.05 Å². The Morgan fingerprint density at radius 1 is 1.22 bits per heavy atom. The molecule has 5 nitrogen and oxygen atoms in total. The minimum Gasteiger partial charge on any atom is -0.519 e. The Balaban J connectivity index is 4.67. The summed E-state index contributed by atoms with van der Waals surface area (Å²) >= 11 is 0. The van der Waals surface area contributed by atoms with E-state index in [1.807, 2.05) is 40.4 Å². The normalized spacial score (nSPS) is 13.0. The molecule has 0 spiro atoms. The minimum absolute atomic E-state index is 0.322. The Kier molecular flexibility index (Phi) is 5.73. The summed E-state index contributed by atoms with van der Waals surface area (Å²) in [6.45, 7) is 11.6. The largest absolute Gasteiger partial charge is 0.519 e. The van der Waals surface area contributed by atoms with Gasteiger partial charge in [0.1, 0.15) is 5.60 Å². The molecule has 0 aromatic heterocycles. The molecule has 0 heterocycles. The van der Waals surface area contributed by atoms with E-state index in [2.05, 4.69) is 0 Å². The van der Waals surface area contributed by atoms with Crippen LogP contribution in [0.2, 0.25) is 19.6 Å². The maximum atomic E-state index is 11.7. The summed E-state index contributed by atoms with van der Waals surface area (Å²) in [6, 6.07) is 0. The van der Waals surface area contributed by atoms with Crippen LogP contribution in [0.4, 0.5) is 4.79 Å². The zero-order chi connectivity index (χ0) is 14.6. The molecule has 18 heavy (non-hydrogen) atoms. The van der Waals surface area contributed by atoms with Gasteiger partial charge >= 0.3 is 6.09 Å². The summed E-state index contributed by atoms with van der Waals surface area (Å²) in [4.78, 5) is 13.0. The van der Waals surface area contributed by atoms with Crippen LogP contribution in [0.3, 0.4) is 0 Å². The van der Waals surface area contributed by atoms with Crippen LogP contribution < -0.4 is 0 Å². The number of carbonyl (C=O) groups is 1. The summed E-state index contributed by atoms with van der Waals surface area (Å²) in [7, 11) is 1.34. The zero-order valence-electron chi connectivity index (χ0n) is 12.7. The molecule has 0 atom stereocenters. The van der Waals surface area contributed by atoms with Gasteiger partial charge in [0.05, 0.1) is 13.3 Å². The van der Waals surface area contributed by atoms with Crippen LogP contribution in [0.25, 0.3) is 0 Å². The standard InChI is InChI=1S/C12H25NO4Si/c1-12(2,3)16-11(14)13(4)9-10(15-5)17-18(6,7)8/h9H,1-8H3/b10-9-. The molecule has 6 heteroatoms. The summed E-state index contributed by atoms with van der Waals surface area (Å²) in [6.07, 6.45) is 1.04. The summed E-state index contributed by atoms with van der Waals surface area (Å²) < 4.78 is 16.0. The number of ether oxygens (including phenoxy) is 2. The first-order valence-corrected chi connectivity index (χ1v) is 9.26. The number of methoxy groups -OCH3 is 1. The maximum absolute atomic E-state index is 11.7. The molecule has 0 aliphatic heterocycles. The number of hydrogen-bond donors (Lipinski definition) is 0. The molecule has 0 unspecified atom stereocenters. The number of carbonyl (C=O) groups excluding carboxylic acids is 1. The zero-order valence-corrected chi connectivity index (χ0v) is 13.7. The highest BCUT2D eigenvalue weighted by atomic mass is 28.4. The fraction of sp³-hybridized carbons (Fsp3) is 0.750. The Hall–Kier alpha value is -1.17. The van der Waals surface area contributed by atoms with Crippen LogP contribution in [0.5, 0.6) is 0 Å². The fourth-order valence-electron chi connectivity index (χ4n) is 0.967. The Morgan fingerprint density at radius 3 is 2.06 bits per heavy atom. The number of nitrogens with zero attached hydrogens (tertiary/aromatic N) is 1.